The highest BCUT2D eigenvalue weighted by molar-refractivity contribution is 5.93. The molecule has 1 aromatic carbocycles. The van der Waals surface area contributed by atoms with E-state index in [0.29, 0.717) is 25.0 Å². The summed E-state index contributed by atoms with van der Waals surface area (Å²) in [4.78, 5) is 27.8. The van der Waals surface area contributed by atoms with Gasteiger partial charge in [0.25, 0.3) is 0 Å². The van der Waals surface area contributed by atoms with E-state index in [2.05, 4.69) is 30.4 Å². The maximum absolute atomic E-state index is 12.2. The highest BCUT2D eigenvalue weighted by Crippen LogP contribution is 2.32. The zero-order chi connectivity index (χ0) is 20.5. The minimum Gasteiger partial charge on any atom is -0.444 e. The molecule has 2 heterocycles. The Morgan fingerprint density at radius 1 is 1.18 bits per heavy atom. The quantitative estimate of drug-likeness (QED) is 0.832. The average molecular weight is 388 g/mol. The summed E-state index contributed by atoms with van der Waals surface area (Å²) in [5.74, 6) is 0.562. The van der Waals surface area contributed by atoms with Crippen LogP contribution < -0.4 is 10.2 Å². The van der Waals surface area contributed by atoms with Crippen molar-refractivity contribution in [2.75, 3.05) is 29.9 Å². The van der Waals surface area contributed by atoms with Gasteiger partial charge in [0, 0.05) is 44.0 Å². The second-order valence-electron chi connectivity index (χ2n) is 9.17. The summed E-state index contributed by atoms with van der Waals surface area (Å²) in [7, 11) is 0. The Morgan fingerprint density at radius 2 is 1.86 bits per heavy atom. The first-order valence-corrected chi connectivity index (χ1v) is 10.3. The first-order chi connectivity index (χ1) is 13.1. The largest absolute Gasteiger partial charge is 0.444 e. The van der Waals surface area contributed by atoms with Crippen molar-refractivity contribution in [3.05, 3.63) is 23.8 Å². The lowest BCUT2D eigenvalue weighted by Gasteiger charge is -2.35. The van der Waals surface area contributed by atoms with E-state index >= 15 is 0 Å². The number of benzene rings is 1. The van der Waals surface area contributed by atoms with Crippen molar-refractivity contribution in [1.82, 2.24) is 4.90 Å². The molecule has 28 heavy (non-hydrogen) atoms. The number of likely N-dealkylation sites (tertiary alicyclic amines) is 1. The molecule has 1 atom stereocenters. The molecule has 1 unspecified atom stereocenters. The summed E-state index contributed by atoms with van der Waals surface area (Å²) in [5.41, 5.74) is 2.90. The third-order valence-corrected chi connectivity index (χ3v) is 5.33. The number of anilines is 2. The van der Waals surface area contributed by atoms with Crippen LogP contribution in [-0.2, 0) is 16.0 Å². The Hall–Kier alpha value is -2.24. The molecule has 3 rings (SSSR count). The van der Waals surface area contributed by atoms with Gasteiger partial charge in [-0.25, -0.2) is 4.79 Å². The van der Waals surface area contributed by atoms with Crippen molar-refractivity contribution >= 4 is 23.4 Å². The highest BCUT2D eigenvalue weighted by Gasteiger charge is 2.28. The van der Waals surface area contributed by atoms with Crippen LogP contribution in [0.5, 0.6) is 0 Å². The van der Waals surface area contributed by atoms with E-state index in [-0.39, 0.29) is 12.0 Å². The van der Waals surface area contributed by atoms with Gasteiger partial charge in [0.2, 0.25) is 5.91 Å². The lowest BCUT2D eigenvalue weighted by molar-refractivity contribution is -0.116. The third-order valence-electron chi connectivity index (χ3n) is 5.33. The van der Waals surface area contributed by atoms with Crippen LogP contribution in [0.4, 0.5) is 16.2 Å². The molecule has 0 spiro atoms. The van der Waals surface area contributed by atoms with Crippen molar-refractivity contribution < 1.29 is 14.3 Å². The number of ether oxygens (including phenoxy) is 1. The van der Waals surface area contributed by atoms with E-state index in [0.717, 1.165) is 37.2 Å². The molecule has 0 bridgehead atoms. The summed E-state index contributed by atoms with van der Waals surface area (Å²) in [6, 6.07) is 6.63. The second-order valence-corrected chi connectivity index (χ2v) is 9.17. The molecule has 154 valence electrons. The molecule has 2 aliphatic rings. The van der Waals surface area contributed by atoms with Crippen molar-refractivity contribution in [3.8, 4) is 0 Å². The van der Waals surface area contributed by atoms with E-state index in [1.165, 1.54) is 5.56 Å². The summed E-state index contributed by atoms with van der Waals surface area (Å²) in [6.07, 6.45) is 2.56. The molecule has 6 nitrogen and oxygen atoms in total. The number of carbonyl (C=O) groups is 2. The number of amides is 2. The monoisotopic (exact) mass is 387 g/mol. The number of hydrogen-bond donors (Lipinski definition) is 1. The number of carbonyl (C=O) groups excluding carboxylic acids is 2. The number of fused-ring (bicyclic) bond motifs is 1. The SMILES string of the molecule is CC(=O)N1CC(C)Cc2cc(NC3CCN(C(=O)OC(C)(C)C)CC3)ccc21. The number of piperidine rings is 1. The average Bonchev–Trinajstić information content (AvgIpc) is 2.59. The highest BCUT2D eigenvalue weighted by atomic mass is 16.6. The Bertz CT molecular complexity index is 733. The fourth-order valence-electron chi connectivity index (χ4n) is 4.02. The van der Waals surface area contributed by atoms with Gasteiger partial charge in [-0.15, -0.1) is 0 Å². The topological polar surface area (TPSA) is 61.9 Å². The van der Waals surface area contributed by atoms with Gasteiger partial charge in [-0.2, -0.15) is 0 Å². The molecule has 1 fully saturated rings. The van der Waals surface area contributed by atoms with Crippen LogP contribution in [0, 0.1) is 5.92 Å². The van der Waals surface area contributed by atoms with Gasteiger partial charge in [0.1, 0.15) is 5.60 Å². The molecule has 0 radical (unpaired) electrons. The first-order valence-electron chi connectivity index (χ1n) is 10.3. The van der Waals surface area contributed by atoms with Crippen molar-refractivity contribution in [1.29, 1.82) is 0 Å². The fourth-order valence-corrected chi connectivity index (χ4v) is 4.02. The van der Waals surface area contributed by atoms with Gasteiger partial charge in [-0.3, -0.25) is 4.79 Å². The zero-order valence-electron chi connectivity index (χ0n) is 17.7. The lowest BCUT2D eigenvalue weighted by atomic mass is 9.93. The minimum absolute atomic E-state index is 0.100. The third kappa shape index (κ3) is 4.97. The van der Waals surface area contributed by atoms with Crippen molar-refractivity contribution in [3.63, 3.8) is 0 Å². The molecule has 1 N–H and O–H groups in total. The lowest BCUT2D eigenvalue weighted by Crippen LogP contribution is -2.44. The smallest absolute Gasteiger partial charge is 0.410 e. The van der Waals surface area contributed by atoms with Gasteiger partial charge >= 0.3 is 6.09 Å². The molecule has 2 aliphatic heterocycles. The number of nitrogens with zero attached hydrogens (tertiary/aromatic N) is 2. The standard InChI is InChI=1S/C22H33N3O3/c1-15-12-17-13-19(6-7-20(17)25(14-15)16(2)26)23-18-8-10-24(11-9-18)21(27)28-22(3,4)5/h6-7,13,15,18,23H,8-12,14H2,1-5H3. The van der Waals surface area contributed by atoms with Gasteiger partial charge in [0.05, 0.1) is 0 Å². The van der Waals surface area contributed by atoms with Crippen LogP contribution in [0.15, 0.2) is 18.2 Å². The van der Waals surface area contributed by atoms with Crippen LogP contribution in [0.25, 0.3) is 0 Å². The molecule has 0 saturated carbocycles. The predicted octanol–water partition coefficient (Wildman–Crippen LogP) is 4.04. The molecule has 0 aromatic heterocycles. The van der Waals surface area contributed by atoms with Gasteiger partial charge in [0.15, 0.2) is 0 Å². The van der Waals surface area contributed by atoms with Crippen LogP contribution >= 0.6 is 0 Å². The Balaban J connectivity index is 1.59. The predicted molar refractivity (Wildman–Crippen MR) is 112 cm³/mol. The van der Waals surface area contributed by atoms with E-state index < -0.39 is 5.60 Å². The maximum atomic E-state index is 12.2. The molecule has 0 aliphatic carbocycles. The van der Waals surface area contributed by atoms with E-state index in [9.17, 15) is 9.59 Å². The molecule has 1 aromatic rings. The Kier molecular flexibility index (Phi) is 5.87. The van der Waals surface area contributed by atoms with Gasteiger partial charge in [-0.1, -0.05) is 6.92 Å². The van der Waals surface area contributed by atoms with E-state index in [1.54, 1.807) is 11.8 Å². The van der Waals surface area contributed by atoms with Crippen LogP contribution in [-0.4, -0.2) is 48.2 Å². The van der Waals surface area contributed by atoms with E-state index in [1.807, 2.05) is 25.7 Å². The van der Waals surface area contributed by atoms with Crippen LogP contribution in [0.1, 0.15) is 53.0 Å². The molecular formula is C22H33N3O3. The van der Waals surface area contributed by atoms with Crippen molar-refractivity contribution in [2.45, 2.75) is 65.5 Å². The number of nitrogens with one attached hydrogen (secondary N) is 1. The summed E-state index contributed by atoms with van der Waals surface area (Å²) in [6.45, 7) is 11.7. The Morgan fingerprint density at radius 3 is 2.46 bits per heavy atom. The van der Waals surface area contributed by atoms with Gasteiger partial charge < -0.3 is 19.9 Å². The second kappa shape index (κ2) is 8.02. The maximum Gasteiger partial charge on any atom is 0.410 e. The number of hydrogen-bond acceptors (Lipinski definition) is 4. The molecule has 1 saturated heterocycles. The van der Waals surface area contributed by atoms with E-state index in [4.69, 9.17) is 4.74 Å². The minimum atomic E-state index is -0.458. The molecule has 2 amide bonds. The molecular weight excluding hydrogens is 354 g/mol. The zero-order valence-corrected chi connectivity index (χ0v) is 17.7. The Labute approximate surface area is 168 Å². The first kappa shape index (κ1) is 20.5. The van der Waals surface area contributed by atoms with Crippen LogP contribution in [0.2, 0.25) is 0 Å². The fraction of sp³-hybridized carbons (Fsp3) is 0.636. The normalized spacial score (nSPS) is 20.5. The van der Waals surface area contributed by atoms with Crippen LogP contribution in [0.3, 0.4) is 0 Å². The molecule has 6 heteroatoms. The number of rotatable bonds is 2. The summed E-state index contributed by atoms with van der Waals surface area (Å²) in [5, 5.41) is 3.62. The van der Waals surface area contributed by atoms with Gasteiger partial charge in [-0.05, 0) is 69.7 Å². The van der Waals surface area contributed by atoms with Crippen molar-refractivity contribution in [2.24, 2.45) is 5.92 Å². The summed E-state index contributed by atoms with van der Waals surface area (Å²) < 4.78 is 5.47. The summed E-state index contributed by atoms with van der Waals surface area (Å²) >= 11 is 0.